The summed E-state index contributed by atoms with van der Waals surface area (Å²) in [5.74, 6) is -2.51. The molecule has 1 fully saturated rings. The average molecular weight is 265 g/mol. The fraction of sp³-hybridized carbons (Fsp3) is 0.500. The maximum absolute atomic E-state index is 13.3. The van der Waals surface area contributed by atoms with Crippen LogP contribution in [0.1, 0.15) is 38.2 Å². The van der Waals surface area contributed by atoms with Crippen molar-refractivity contribution in [2.24, 2.45) is 11.1 Å². The van der Waals surface area contributed by atoms with Gasteiger partial charge in [0.15, 0.2) is 0 Å². The molecule has 0 amide bonds. The highest BCUT2D eigenvalue weighted by atomic mass is 19.3. The van der Waals surface area contributed by atoms with Crippen LogP contribution >= 0.6 is 0 Å². The number of hydrogen-bond donors (Lipinski definition) is 1. The summed E-state index contributed by atoms with van der Waals surface area (Å²) in [6, 6.07) is 9.95. The van der Waals surface area contributed by atoms with E-state index in [4.69, 9.17) is 5.73 Å². The zero-order valence-corrected chi connectivity index (χ0v) is 11.3. The van der Waals surface area contributed by atoms with Gasteiger partial charge in [-0.2, -0.15) is 0 Å². The lowest BCUT2D eigenvalue weighted by Crippen LogP contribution is -2.39. The number of halogens is 2. The number of alkyl halides is 2. The highest BCUT2D eigenvalue weighted by Crippen LogP contribution is 2.47. The van der Waals surface area contributed by atoms with E-state index in [1.165, 1.54) is 0 Å². The lowest BCUT2D eigenvalue weighted by atomic mass is 9.68. The molecule has 1 saturated carbocycles. The molecule has 104 valence electrons. The van der Waals surface area contributed by atoms with Crippen LogP contribution in [0.3, 0.4) is 0 Å². The summed E-state index contributed by atoms with van der Waals surface area (Å²) >= 11 is 0. The minimum atomic E-state index is -2.51. The normalized spacial score (nSPS) is 22.2. The van der Waals surface area contributed by atoms with E-state index < -0.39 is 5.92 Å². The Morgan fingerprint density at radius 3 is 2.26 bits per heavy atom. The lowest BCUT2D eigenvalue weighted by Gasteiger charge is -2.40. The van der Waals surface area contributed by atoms with Crippen LogP contribution in [0.15, 0.2) is 35.9 Å². The predicted molar refractivity (Wildman–Crippen MR) is 75.0 cm³/mol. The standard InChI is InChI=1S/C16H21F2N/c1-13(11-14-5-3-2-4-6-14)15(12-19)7-9-16(17,18)10-8-15/h2-6,11H,7-10,12,19H2,1H3/b13-11+. The third-order valence-electron chi connectivity index (χ3n) is 4.35. The van der Waals surface area contributed by atoms with E-state index >= 15 is 0 Å². The van der Waals surface area contributed by atoms with E-state index in [-0.39, 0.29) is 18.3 Å². The molecule has 3 heteroatoms. The van der Waals surface area contributed by atoms with Gasteiger partial charge in [0, 0.05) is 24.8 Å². The number of benzene rings is 1. The van der Waals surface area contributed by atoms with Crippen LogP contribution in [0.25, 0.3) is 6.08 Å². The van der Waals surface area contributed by atoms with E-state index in [0.29, 0.717) is 19.4 Å². The van der Waals surface area contributed by atoms with Crippen molar-refractivity contribution in [3.63, 3.8) is 0 Å². The first-order valence-electron chi connectivity index (χ1n) is 6.79. The Balaban J connectivity index is 2.20. The minimum absolute atomic E-state index is 0.0514. The van der Waals surface area contributed by atoms with Crippen LogP contribution in [0.5, 0.6) is 0 Å². The first kappa shape index (κ1) is 14.2. The van der Waals surface area contributed by atoms with Crippen molar-refractivity contribution in [1.82, 2.24) is 0 Å². The topological polar surface area (TPSA) is 26.0 Å². The van der Waals surface area contributed by atoms with Crippen LogP contribution in [0.4, 0.5) is 8.78 Å². The molecule has 0 heterocycles. The molecule has 2 rings (SSSR count). The Kier molecular flexibility index (Phi) is 4.04. The fourth-order valence-electron chi connectivity index (χ4n) is 2.81. The first-order valence-corrected chi connectivity index (χ1v) is 6.79. The molecule has 0 saturated heterocycles. The average Bonchev–Trinajstić information content (AvgIpc) is 2.40. The molecule has 0 bridgehead atoms. The van der Waals surface area contributed by atoms with Crippen molar-refractivity contribution in [2.75, 3.05) is 6.54 Å². The molecule has 1 aliphatic carbocycles. The fourth-order valence-corrected chi connectivity index (χ4v) is 2.81. The monoisotopic (exact) mass is 265 g/mol. The Bertz CT molecular complexity index is 441. The molecule has 0 aliphatic heterocycles. The van der Waals surface area contributed by atoms with Gasteiger partial charge >= 0.3 is 0 Å². The van der Waals surface area contributed by atoms with E-state index in [2.05, 4.69) is 6.08 Å². The summed E-state index contributed by atoms with van der Waals surface area (Å²) in [5, 5.41) is 0. The molecule has 19 heavy (non-hydrogen) atoms. The predicted octanol–water partition coefficient (Wildman–Crippen LogP) is 4.24. The molecule has 0 radical (unpaired) electrons. The third-order valence-corrected chi connectivity index (χ3v) is 4.35. The van der Waals surface area contributed by atoms with Crippen molar-refractivity contribution in [3.8, 4) is 0 Å². The van der Waals surface area contributed by atoms with Gasteiger partial charge in [-0.3, -0.25) is 0 Å². The summed E-state index contributed by atoms with van der Waals surface area (Å²) in [6.07, 6.45) is 2.93. The molecular weight excluding hydrogens is 244 g/mol. The van der Waals surface area contributed by atoms with Gasteiger partial charge in [0.2, 0.25) is 5.92 Å². The first-order chi connectivity index (χ1) is 8.97. The van der Waals surface area contributed by atoms with Gasteiger partial charge in [-0.05, 0) is 25.3 Å². The van der Waals surface area contributed by atoms with Gasteiger partial charge in [-0.25, -0.2) is 8.78 Å². The molecule has 0 atom stereocenters. The maximum atomic E-state index is 13.3. The molecule has 2 N–H and O–H groups in total. The van der Waals surface area contributed by atoms with Crippen LogP contribution in [-0.2, 0) is 0 Å². The van der Waals surface area contributed by atoms with Gasteiger partial charge in [-0.1, -0.05) is 42.0 Å². The van der Waals surface area contributed by atoms with Crippen molar-refractivity contribution >= 4 is 6.08 Å². The smallest absolute Gasteiger partial charge is 0.248 e. The van der Waals surface area contributed by atoms with Crippen molar-refractivity contribution in [2.45, 2.75) is 38.5 Å². The highest BCUT2D eigenvalue weighted by molar-refractivity contribution is 5.53. The van der Waals surface area contributed by atoms with Gasteiger partial charge in [0.25, 0.3) is 0 Å². The molecular formula is C16H21F2N. The molecule has 0 unspecified atom stereocenters. The molecule has 0 spiro atoms. The molecule has 0 aromatic heterocycles. The summed E-state index contributed by atoms with van der Waals surface area (Å²) in [4.78, 5) is 0. The Morgan fingerprint density at radius 1 is 1.16 bits per heavy atom. The van der Waals surface area contributed by atoms with Crippen molar-refractivity contribution in [1.29, 1.82) is 0 Å². The Morgan fingerprint density at radius 2 is 1.74 bits per heavy atom. The van der Waals surface area contributed by atoms with Crippen LogP contribution in [-0.4, -0.2) is 12.5 Å². The highest BCUT2D eigenvalue weighted by Gasteiger charge is 2.43. The second kappa shape index (κ2) is 5.41. The van der Waals surface area contributed by atoms with Gasteiger partial charge in [0.05, 0.1) is 0 Å². The minimum Gasteiger partial charge on any atom is -0.330 e. The van der Waals surface area contributed by atoms with Crippen LogP contribution in [0, 0.1) is 5.41 Å². The van der Waals surface area contributed by atoms with Crippen LogP contribution < -0.4 is 5.73 Å². The van der Waals surface area contributed by atoms with Crippen molar-refractivity contribution < 1.29 is 8.78 Å². The summed E-state index contributed by atoms with van der Waals surface area (Å²) < 4.78 is 26.6. The van der Waals surface area contributed by atoms with Gasteiger partial charge < -0.3 is 5.73 Å². The summed E-state index contributed by atoms with van der Waals surface area (Å²) in [6.45, 7) is 2.46. The van der Waals surface area contributed by atoms with E-state index in [1.54, 1.807) is 0 Å². The SMILES string of the molecule is C/C(=C\c1ccccc1)C1(CN)CCC(F)(F)CC1. The zero-order valence-electron chi connectivity index (χ0n) is 11.3. The van der Waals surface area contributed by atoms with E-state index in [0.717, 1.165) is 11.1 Å². The lowest BCUT2D eigenvalue weighted by molar-refractivity contribution is -0.0579. The van der Waals surface area contributed by atoms with E-state index in [1.807, 2.05) is 37.3 Å². The van der Waals surface area contributed by atoms with Crippen molar-refractivity contribution in [3.05, 3.63) is 41.5 Å². The quantitative estimate of drug-likeness (QED) is 0.869. The molecule has 1 aliphatic rings. The summed E-state index contributed by atoms with van der Waals surface area (Å²) in [5.41, 5.74) is 7.87. The van der Waals surface area contributed by atoms with Gasteiger partial charge in [-0.15, -0.1) is 0 Å². The molecule has 1 aromatic rings. The molecule has 1 nitrogen and oxygen atoms in total. The van der Waals surface area contributed by atoms with E-state index in [9.17, 15) is 8.78 Å². The van der Waals surface area contributed by atoms with Crippen LogP contribution in [0.2, 0.25) is 0 Å². The number of hydrogen-bond acceptors (Lipinski definition) is 1. The largest absolute Gasteiger partial charge is 0.330 e. The number of nitrogens with two attached hydrogens (primary N) is 1. The number of rotatable bonds is 3. The summed E-state index contributed by atoms with van der Waals surface area (Å²) in [7, 11) is 0. The molecule has 1 aromatic carbocycles. The zero-order chi connectivity index (χ0) is 13.9. The second-order valence-corrected chi connectivity index (χ2v) is 5.58. The van der Waals surface area contributed by atoms with Gasteiger partial charge in [0.1, 0.15) is 0 Å². The Labute approximate surface area is 113 Å². The Hall–Kier alpha value is -1.22. The maximum Gasteiger partial charge on any atom is 0.248 e. The second-order valence-electron chi connectivity index (χ2n) is 5.58. The third kappa shape index (κ3) is 3.21.